The summed E-state index contributed by atoms with van der Waals surface area (Å²) in [5, 5.41) is 12.1. The number of thioether (sulfide) groups is 1. The molecule has 3 rings (SSSR count). The Bertz CT molecular complexity index is 870. The second kappa shape index (κ2) is 9.73. The van der Waals surface area contributed by atoms with E-state index in [0.717, 1.165) is 34.0 Å². The van der Waals surface area contributed by atoms with Crippen LogP contribution in [0.15, 0.2) is 71.8 Å². The summed E-state index contributed by atoms with van der Waals surface area (Å²) in [5.41, 5.74) is 2.92. The van der Waals surface area contributed by atoms with Gasteiger partial charge in [0.05, 0.1) is 18.6 Å². The van der Waals surface area contributed by atoms with Crippen LogP contribution < -0.4 is 10.1 Å². The van der Waals surface area contributed by atoms with Gasteiger partial charge in [-0.3, -0.25) is 4.79 Å². The maximum absolute atomic E-state index is 12.0. The van der Waals surface area contributed by atoms with Crippen LogP contribution in [0.25, 0.3) is 11.3 Å². The minimum absolute atomic E-state index is 0.0242. The van der Waals surface area contributed by atoms with Gasteiger partial charge in [0.1, 0.15) is 10.8 Å². The fourth-order valence-electron chi connectivity index (χ4n) is 2.60. The van der Waals surface area contributed by atoms with Gasteiger partial charge in [-0.1, -0.05) is 60.3 Å². The van der Waals surface area contributed by atoms with Crippen LogP contribution >= 0.6 is 11.8 Å². The van der Waals surface area contributed by atoms with Gasteiger partial charge in [0, 0.05) is 12.1 Å². The fraction of sp³-hybridized carbons (Fsp3) is 0.190. The molecule has 0 fully saturated rings. The SMILES string of the molecule is COc1ccccc1CCNC(=O)CSc1ccc(-c2ccccc2)nn1. The van der Waals surface area contributed by atoms with Gasteiger partial charge >= 0.3 is 0 Å². The molecule has 0 saturated heterocycles. The minimum Gasteiger partial charge on any atom is -0.496 e. The van der Waals surface area contributed by atoms with Crippen LogP contribution in [0.3, 0.4) is 0 Å². The van der Waals surface area contributed by atoms with Crippen molar-refractivity contribution in [3.8, 4) is 17.0 Å². The summed E-state index contributed by atoms with van der Waals surface area (Å²) in [4.78, 5) is 12.0. The van der Waals surface area contributed by atoms with Crippen molar-refractivity contribution in [2.24, 2.45) is 0 Å². The normalized spacial score (nSPS) is 10.4. The Morgan fingerprint density at radius 3 is 2.52 bits per heavy atom. The highest BCUT2D eigenvalue weighted by Crippen LogP contribution is 2.19. The molecule has 0 aliphatic rings. The van der Waals surface area contributed by atoms with Gasteiger partial charge in [0.25, 0.3) is 0 Å². The third-order valence-electron chi connectivity index (χ3n) is 3.97. The molecule has 1 heterocycles. The van der Waals surface area contributed by atoms with E-state index in [1.807, 2.05) is 66.7 Å². The van der Waals surface area contributed by atoms with Gasteiger partial charge in [-0.25, -0.2) is 0 Å². The summed E-state index contributed by atoms with van der Waals surface area (Å²) in [6, 6.07) is 21.5. The minimum atomic E-state index is -0.0242. The number of ether oxygens (including phenoxy) is 1. The number of amides is 1. The van der Waals surface area contributed by atoms with Crippen LogP contribution in [0.5, 0.6) is 5.75 Å². The van der Waals surface area contributed by atoms with Gasteiger partial charge in [0.2, 0.25) is 5.91 Å². The number of nitrogens with one attached hydrogen (secondary N) is 1. The number of aromatic nitrogens is 2. The van der Waals surface area contributed by atoms with E-state index in [1.54, 1.807) is 7.11 Å². The quantitative estimate of drug-likeness (QED) is 0.606. The number of para-hydroxylation sites is 1. The average molecular weight is 379 g/mol. The van der Waals surface area contributed by atoms with Crippen molar-refractivity contribution < 1.29 is 9.53 Å². The summed E-state index contributed by atoms with van der Waals surface area (Å²) in [5.74, 6) is 1.13. The van der Waals surface area contributed by atoms with E-state index in [0.29, 0.717) is 12.3 Å². The lowest BCUT2D eigenvalue weighted by molar-refractivity contribution is -0.118. The molecule has 1 N–H and O–H groups in total. The molecule has 0 saturated carbocycles. The second-order valence-corrected chi connectivity index (χ2v) is 6.82. The number of hydrogen-bond donors (Lipinski definition) is 1. The monoisotopic (exact) mass is 379 g/mol. The Hall–Kier alpha value is -2.86. The molecule has 1 amide bonds. The number of rotatable bonds is 8. The summed E-state index contributed by atoms with van der Waals surface area (Å²) < 4.78 is 5.32. The van der Waals surface area contributed by atoms with Crippen molar-refractivity contribution in [1.29, 1.82) is 0 Å². The summed E-state index contributed by atoms with van der Waals surface area (Å²) in [7, 11) is 1.65. The topological polar surface area (TPSA) is 64.1 Å². The van der Waals surface area contributed by atoms with Gasteiger partial charge in [-0.2, -0.15) is 0 Å². The van der Waals surface area contributed by atoms with Crippen LogP contribution in [-0.4, -0.2) is 35.5 Å². The zero-order valence-electron chi connectivity index (χ0n) is 15.1. The Kier molecular flexibility index (Phi) is 6.82. The lowest BCUT2D eigenvalue weighted by atomic mass is 10.1. The second-order valence-electron chi connectivity index (χ2n) is 5.82. The van der Waals surface area contributed by atoms with E-state index in [9.17, 15) is 4.79 Å². The molecule has 0 bridgehead atoms. The largest absolute Gasteiger partial charge is 0.496 e. The van der Waals surface area contributed by atoms with Gasteiger partial charge < -0.3 is 10.1 Å². The molecule has 5 nitrogen and oxygen atoms in total. The molecule has 138 valence electrons. The van der Waals surface area contributed by atoms with Crippen molar-refractivity contribution in [2.75, 3.05) is 19.4 Å². The molecule has 0 aliphatic heterocycles. The standard InChI is InChI=1S/C21H21N3O2S/c1-26-19-10-6-5-9-17(19)13-14-22-20(25)15-27-21-12-11-18(23-24-21)16-7-3-2-4-8-16/h2-12H,13-15H2,1H3,(H,22,25). The Morgan fingerprint density at radius 1 is 1.00 bits per heavy atom. The molecule has 0 aliphatic carbocycles. The van der Waals surface area contributed by atoms with Crippen molar-refractivity contribution in [2.45, 2.75) is 11.4 Å². The zero-order valence-corrected chi connectivity index (χ0v) is 15.9. The first-order chi connectivity index (χ1) is 13.3. The first kappa shape index (κ1) is 18.9. The summed E-state index contributed by atoms with van der Waals surface area (Å²) in [6.07, 6.45) is 0.728. The molecule has 6 heteroatoms. The number of carbonyl (C=O) groups is 1. The molecule has 0 radical (unpaired) electrons. The predicted octanol–water partition coefficient (Wildman–Crippen LogP) is 3.60. The smallest absolute Gasteiger partial charge is 0.230 e. The maximum Gasteiger partial charge on any atom is 0.230 e. The van der Waals surface area contributed by atoms with E-state index < -0.39 is 0 Å². The highest BCUT2D eigenvalue weighted by molar-refractivity contribution is 7.99. The fourth-order valence-corrected chi connectivity index (χ4v) is 3.24. The van der Waals surface area contributed by atoms with Gasteiger partial charge in [0.15, 0.2) is 0 Å². The molecule has 0 unspecified atom stereocenters. The summed E-state index contributed by atoms with van der Waals surface area (Å²) >= 11 is 1.38. The van der Waals surface area contributed by atoms with Crippen molar-refractivity contribution in [3.05, 3.63) is 72.3 Å². The lowest BCUT2D eigenvalue weighted by Crippen LogP contribution is -2.27. The number of methoxy groups -OCH3 is 1. The van der Waals surface area contributed by atoms with E-state index in [2.05, 4.69) is 15.5 Å². The van der Waals surface area contributed by atoms with Crippen LogP contribution in [0.4, 0.5) is 0 Å². The number of carbonyl (C=O) groups excluding carboxylic acids is 1. The highest BCUT2D eigenvalue weighted by atomic mass is 32.2. The molecule has 3 aromatic rings. The molecular formula is C21H21N3O2S. The Morgan fingerprint density at radius 2 is 1.78 bits per heavy atom. The average Bonchev–Trinajstić information content (AvgIpc) is 2.73. The van der Waals surface area contributed by atoms with E-state index in [-0.39, 0.29) is 5.91 Å². The Balaban J connectivity index is 1.44. The molecule has 0 spiro atoms. The number of benzene rings is 2. The van der Waals surface area contributed by atoms with Crippen molar-refractivity contribution in [1.82, 2.24) is 15.5 Å². The maximum atomic E-state index is 12.0. The predicted molar refractivity (Wildman–Crippen MR) is 108 cm³/mol. The van der Waals surface area contributed by atoms with Crippen LogP contribution in [0, 0.1) is 0 Å². The third kappa shape index (κ3) is 5.56. The molecular weight excluding hydrogens is 358 g/mol. The van der Waals surface area contributed by atoms with Gasteiger partial charge in [-0.15, -0.1) is 10.2 Å². The first-order valence-corrected chi connectivity index (χ1v) is 9.65. The van der Waals surface area contributed by atoms with Crippen LogP contribution in [-0.2, 0) is 11.2 Å². The first-order valence-electron chi connectivity index (χ1n) is 8.67. The molecule has 27 heavy (non-hydrogen) atoms. The molecule has 0 atom stereocenters. The number of nitrogens with zero attached hydrogens (tertiary/aromatic N) is 2. The zero-order chi connectivity index (χ0) is 18.9. The Labute approximate surface area is 163 Å². The highest BCUT2D eigenvalue weighted by Gasteiger charge is 2.06. The lowest BCUT2D eigenvalue weighted by Gasteiger charge is -2.09. The van der Waals surface area contributed by atoms with Gasteiger partial charge in [-0.05, 0) is 30.2 Å². The van der Waals surface area contributed by atoms with E-state index in [1.165, 1.54) is 11.8 Å². The van der Waals surface area contributed by atoms with E-state index in [4.69, 9.17) is 4.74 Å². The molecule has 2 aromatic carbocycles. The number of hydrogen-bond acceptors (Lipinski definition) is 5. The van der Waals surface area contributed by atoms with Crippen LogP contribution in [0.1, 0.15) is 5.56 Å². The summed E-state index contributed by atoms with van der Waals surface area (Å²) in [6.45, 7) is 0.568. The van der Waals surface area contributed by atoms with E-state index >= 15 is 0 Å². The molecule has 1 aromatic heterocycles. The third-order valence-corrected chi connectivity index (χ3v) is 4.89. The van der Waals surface area contributed by atoms with Crippen molar-refractivity contribution >= 4 is 17.7 Å². The van der Waals surface area contributed by atoms with Crippen LogP contribution in [0.2, 0.25) is 0 Å². The van der Waals surface area contributed by atoms with Crippen molar-refractivity contribution in [3.63, 3.8) is 0 Å².